The number of H-pyrrole nitrogens is 1. The van der Waals surface area contributed by atoms with Crippen molar-refractivity contribution in [3.63, 3.8) is 0 Å². The molecule has 110 valence electrons. The molecule has 3 N–H and O–H groups in total. The predicted octanol–water partition coefficient (Wildman–Crippen LogP) is -1.68. The zero-order valence-corrected chi connectivity index (χ0v) is 11.9. The van der Waals surface area contributed by atoms with Gasteiger partial charge in [-0.3, -0.25) is 14.4 Å². The average Bonchev–Trinajstić information content (AvgIpc) is 2.68. The van der Waals surface area contributed by atoms with Crippen LogP contribution in [0.1, 0.15) is 5.69 Å². The summed E-state index contributed by atoms with van der Waals surface area (Å²) >= 11 is 0.465. The summed E-state index contributed by atoms with van der Waals surface area (Å²) in [7, 11) is -4.22. The first-order chi connectivity index (χ1) is 9.23. The Morgan fingerprint density at radius 3 is 2.60 bits per heavy atom. The second-order valence-corrected chi connectivity index (χ2v) is 7.20. The Kier molecular flexibility index (Phi) is 3.67. The van der Waals surface area contributed by atoms with Crippen LogP contribution in [0.5, 0.6) is 0 Å². The Hall–Kier alpha value is -1.72. The van der Waals surface area contributed by atoms with Gasteiger partial charge in [0.1, 0.15) is 6.04 Å². The predicted molar refractivity (Wildman–Crippen MR) is 68.0 cm³/mol. The van der Waals surface area contributed by atoms with Gasteiger partial charge in [-0.15, -0.1) is 0 Å². The van der Waals surface area contributed by atoms with Crippen LogP contribution < -0.4 is 10.2 Å². The van der Waals surface area contributed by atoms with E-state index in [0.29, 0.717) is 15.6 Å². The fourth-order valence-electron chi connectivity index (χ4n) is 1.83. The number of sulfonamides is 1. The van der Waals surface area contributed by atoms with Crippen LogP contribution in [-0.4, -0.2) is 53.8 Å². The molecule has 2 heterocycles. The quantitative estimate of drug-likeness (QED) is 0.608. The number of carboxylic acids is 1. The zero-order chi connectivity index (χ0) is 15.1. The number of carboxylic acid groups (broad SMARTS) is 1. The topological polar surface area (TPSA) is 137 Å². The molecule has 1 fully saturated rings. The van der Waals surface area contributed by atoms with Gasteiger partial charge in [0.2, 0.25) is 5.91 Å². The third-order valence-electron chi connectivity index (χ3n) is 2.75. The lowest BCUT2D eigenvalue weighted by Crippen LogP contribution is -2.59. The molecular weight excluding hydrogens is 310 g/mol. The van der Waals surface area contributed by atoms with Crippen molar-refractivity contribution in [3.8, 4) is 0 Å². The number of aryl methyl sites for hydroxylation is 1. The van der Waals surface area contributed by atoms with E-state index >= 15 is 0 Å². The summed E-state index contributed by atoms with van der Waals surface area (Å²) in [6, 6.07) is -1.39. The zero-order valence-electron chi connectivity index (χ0n) is 10.2. The highest BCUT2D eigenvalue weighted by Crippen LogP contribution is 2.24. The highest BCUT2D eigenvalue weighted by atomic mass is 32.2. The Morgan fingerprint density at radius 2 is 2.10 bits per heavy atom. The van der Waals surface area contributed by atoms with Gasteiger partial charge in [-0.05, 0) is 6.92 Å². The van der Waals surface area contributed by atoms with Crippen LogP contribution in [-0.2, 0) is 19.6 Å². The van der Waals surface area contributed by atoms with Crippen molar-refractivity contribution in [3.05, 3.63) is 15.4 Å². The van der Waals surface area contributed by atoms with Crippen LogP contribution in [0.15, 0.2) is 9.00 Å². The first kappa shape index (κ1) is 14.7. The minimum Gasteiger partial charge on any atom is -0.480 e. The van der Waals surface area contributed by atoms with Crippen molar-refractivity contribution in [1.82, 2.24) is 14.6 Å². The largest absolute Gasteiger partial charge is 0.480 e. The van der Waals surface area contributed by atoms with Crippen molar-refractivity contribution in [2.24, 2.45) is 0 Å². The number of aromatic nitrogens is 1. The summed E-state index contributed by atoms with van der Waals surface area (Å²) in [5.41, 5.74) is 0.120. The molecule has 0 bridgehead atoms. The number of aliphatic carboxylic acids is 1. The van der Waals surface area contributed by atoms with Crippen LogP contribution in [0.25, 0.3) is 0 Å². The minimum atomic E-state index is -4.22. The van der Waals surface area contributed by atoms with Crippen molar-refractivity contribution < 1.29 is 23.1 Å². The maximum Gasteiger partial charge on any atom is 0.323 e. The number of amides is 1. The summed E-state index contributed by atoms with van der Waals surface area (Å²) < 4.78 is 25.2. The van der Waals surface area contributed by atoms with Gasteiger partial charge in [0, 0.05) is 12.2 Å². The van der Waals surface area contributed by atoms with E-state index in [1.807, 2.05) is 0 Å². The van der Waals surface area contributed by atoms with Gasteiger partial charge in [-0.25, -0.2) is 8.42 Å². The maximum atomic E-state index is 12.4. The number of hydrogen-bond donors (Lipinski definition) is 3. The van der Waals surface area contributed by atoms with E-state index < -0.39 is 39.4 Å². The van der Waals surface area contributed by atoms with Gasteiger partial charge >= 0.3 is 10.8 Å². The number of piperazine rings is 1. The first-order valence-corrected chi connectivity index (χ1v) is 7.70. The molecule has 1 aliphatic rings. The van der Waals surface area contributed by atoms with E-state index in [1.165, 1.54) is 6.92 Å². The number of hydrogen-bond acceptors (Lipinski definition) is 6. The van der Waals surface area contributed by atoms with E-state index in [4.69, 9.17) is 5.11 Å². The number of nitrogens with zero attached hydrogens (tertiary/aromatic N) is 1. The van der Waals surface area contributed by atoms with Crippen molar-refractivity contribution in [2.45, 2.75) is 17.2 Å². The van der Waals surface area contributed by atoms with Crippen LogP contribution >= 0.6 is 11.3 Å². The van der Waals surface area contributed by atoms with Gasteiger partial charge in [-0.2, -0.15) is 4.31 Å². The van der Waals surface area contributed by atoms with Gasteiger partial charge in [-0.1, -0.05) is 11.3 Å². The number of thiazole rings is 1. The van der Waals surface area contributed by atoms with Gasteiger partial charge in [0.15, 0.2) is 4.21 Å². The fraction of sp³-hybridized carbons (Fsp3) is 0.444. The molecule has 0 radical (unpaired) electrons. The second kappa shape index (κ2) is 5.00. The first-order valence-electron chi connectivity index (χ1n) is 5.44. The molecular formula is C9H11N3O6S2. The molecule has 1 unspecified atom stereocenters. The lowest BCUT2D eigenvalue weighted by Gasteiger charge is -2.31. The maximum absolute atomic E-state index is 12.4. The van der Waals surface area contributed by atoms with E-state index in [-0.39, 0.29) is 16.4 Å². The summed E-state index contributed by atoms with van der Waals surface area (Å²) in [5, 5.41) is 11.4. The van der Waals surface area contributed by atoms with Crippen molar-refractivity contribution in [2.75, 3.05) is 13.1 Å². The third kappa shape index (κ3) is 2.46. The summed E-state index contributed by atoms with van der Waals surface area (Å²) in [6.07, 6.45) is 0. The fourth-order valence-corrected chi connectivity index (χ4v) is 4.78. The number of carbonyl (C=O) groups is 2. The van der Waals surface area contributed by atoms with Gasteiger partial charge < -0.3 is 15.4 Å². The van der Waals surface area contributed by atoms with E-state index in [2.05, 4.69) is 10.3 Å². The molecule has 0 aliphatic carbocycles. The molecule has 1 aliphatic heterocycles. The van der Waals surface area contributed by atoms with Crippen molar-refractivity contribution in [1.29, 1.82) is 0 Å². The smallest absolute Gasteiger partial charge is 0.323 e. The summed E-state index contributed by atoms with van der Waals surface area (Å²) in [4.78, 5) is 35.4. The van der Waals surface area contributed by atoms with Crippen molar-refractivity contribution >= 4 is 33.2 Å². The molecule has 1 amide bonds. The molecule has 1 atom stereocenters. The van der Waals surface area contributed by atoms with E-state index in [9.17, 15) is 22.8 Å². The van der Waals surface area contributed by atoms with Crippen LogP contribution in [0, 0.1) is 6.92 Å². The number of aromatic amines is 1. The molecule has 0 saturated carbocycles. The monoisotopic (exact) mass is 321 g/mol. The highest BCUT2D eigenvalue weighted by molar-refractivity contribution is 7.91. The molecule has 1 saturated heterocycles. The summed E-state index contributed by atoms with van der Waals surface area (Å²) in [5.74, 6) is -1.96. The number of nitrogens with one attached hydrogen (secondary N) is 2. The average molecular weight is 321 g/mol. The Labute approximate surface area is 117 Å². The summed E-state index contributed by atoms with van der Waals surface area (Å²) in [6.45, 7) is 0.487. The lowest BCUT2D eigenvalue weighted by atomic mass is 10.2. The minimum absolute atomic E-state index is 0.120. The molecule has 0 aromatic carbocycles. The van der Waals surface area contributed by atoms with Gasteiger partial charge in [0.05, 0.1) is 6.54 Å². The Bertz CT molecular complexity index is 718. The SMILES string of the molecule is Cc1[nH]c(=O)sc1S(=O)(=O)N1CC(=O)NCC1C(=O)O. The van der Waals surface area contributed by atoms with E-state index in [1.54, 1.807) is 0 Å². The Balaban J connectivity index is 2.50. The van der Waals surface area contributed by atoms with Crippen LogP contribution in [0.2, 0.25) is 0 Å². The van der Waals surface area contributed by atoms with Crippen LogP contribution in [0.4, 0.5) is 0 Å². The number of carbonyl (C=O) groups excluding carboxylic acids is 1. The lowest BCUT2D eigenvalue weighted by molar-refractivity contribution is -0.143. The molecule has 1 aromatic rings. The molecule has 2 rings (SSSR count). The highest BCUT2D eigenvalue weighted by Gasteiger charge is 2.41. The van der Waals surface area contributed by atoms with E-state index in [0.717, 1.165) is 0 Å². The molecule has 20 heavy (non-hydrogen) atoms. The third-order valence-corrected chi connectivity index (χ3v) is 6.19. The number of rotatable bonds is 3. The molecule has 1 aromatic heterocycles. The molecule has 0 spiro atoms. The standard InChI is InChI=1S/C9H11N3O6S2/c1-4-8(19-9(16)11-4)20(17,18)12-3-6(13)10-2-5(12)7(14)15/h5H,2-3H2,1H3,(H,10,13)(H,11,16)(H,14,15). The normalized spacial score (nSPS) is 20.6. The molecule has 11 heteroatoms. The van der Waals surface area contributed by atoms with Gasteiger partial charge in [0.25, 0.3) is 10.0 Å². The van der Waals surface area contributed by atoms with Crippen LogP contribution in [0.3, 0.4) is 0 Å². The molecule has 9 nitrogen and oxygen atoms in total. The Morgan fingerprint density at radius 1 is 1.45 bits per heavy atom. The second-order valence-electron chi connectivity index (χ2n) is 4.14.